The fourth-order valence-electron chi connectivity index (χ4n) is 1.23. The van der Waals surface area contributed by atoms with Crippen LogP contribution in [0, 0.1) is 5.92 Å². The predicted octanol–water partition coefficient (Wildman–Crippen LogP) is 2.89. The van der Waals surface area contributed by atoms with E-state index in [4.69, 9.17) is 5.11 Å². The van der Waals surface area contributed by atoms with E-state index in [1.54, 1.807) is 6.92 Å². The van der Waals surface area contributed by atoms with E-state index in [9.17, 15) is 18.0 Å². The van der Waals surface area contributed by atoms with Crippen LogP contribution < -0.4 is 0 Å². The lowest BCUT2D eigenvalue weighted by Crippen LogP contribution is -2.26. The number of halogens is 3. The molecule has 0 rings (SSSR count). The van der Waals surface area contributed by atoms with Crippen LogP contribution in [0.1, 0.15) is 26.7 Å². The zero-order chi connectivity index (χ0) is 12.8. The molecule has 0 aromatic rings. The van der Waals surface area contributed by atoms with Crippen molar-refractivity contribution < 1.29 is 23.1 Å². The maximum Gasteiger partial charge on any atom is 0.409 e. The summed E-state index contributed by atoms with van der Waals surface area (Å²) >= 11 is 0. The second kappa shape index (κ2) is 6.44. The van der Waals surface area contributed by atoms with E-state index in [0.717, 1.165) is 6.42 Å². The number of carbonyl (C=O) groups is 1. The fourth-order valence-corrected chi connectivity index (χ4v) is 1.23. The first kappa shape index (κ1) is 14.9. The minimum atomic E-state index is -4.44. The lowest BCUT2D eigenvalue weighted by Gasteiger charge is -2.14. The zero-order valence-electron chi connectivity index (χ0n) is 9.16. The van der Waals surface area contributed by atoms with E-state index < -0.39 is 24.7 Å². The van der Waals surface area contributed by atoms with Crippen LogP contribution in [0.3, 0.4) is 0 Å². The van der Waals surface area contributed by atoms with Crippen molar-refractivity contribution in [2.45, 2.75) is 38.9 Å². The molecule has 0 aromatic heterocycles. The Bertz CT molecular complexity index is 254. The van der Waals surface area contributed by atoms with Crippen molar-refractivity contribution in [1.29, 1.82) is 0 Å². The molecule has 7 heteroatoms. The molecule has 0 amide bonds. The van der Waals surface area contributed by atoms with Gasteiger partial charge in [-0.15, -0.1) is 0 Å². The Labute approximate surface area is 91.6 Å². The molecule has 1 N–H and O–H groups in total. The van der Waals surface area contributed by atoms with Crippen LogP contribution in [0.2, 0.25) is 0 Å². The second-order valence-corrected chi connectivity index (χ2v) is 3.58. The molecule has 0 aromatic carbocycles. The molecule has 0 heterocycles. The average molecular weight is 240 g/mol. The van der Waals surface area contributed by atoms with Crippen molar-refractivity contribution in [1.82, 2.24) is 0 Å². The van der Waals surface area contributed by atoms with Gasteiger partial charge < -0.3 is 5.11 Å². The number of hydrogen-bond donors (Lipinski definition) is 1. The molecule has 0 aliphatic carbocycles. The Balaban J connectivity index is 4.40. The Morgan fingerprint density at radius 1 is 1.44 bits per heavy atom. The molecule has 0 aliphatic rings. The lowest BCUT2D eigenvalue weighted by atomic mass is 9.98. The zero-order valence-corrected chi connectivity index (χ0v) is 9.16. The van der Waals surface area contributed by atoms with Gasteiger partial charge in [0.05, 0.1) is 0 Å². The first-order valence-electron chi connectivity index (χ1n) is 4.94. The third kappa shape index (κ3) is 6.36. The van der Waals surface area contributed by atoms with Crippen molar-refractivity contribution in [3.05, 3.63) is 0 Å². The molecule has 0 saturated heterocycles. The van der Waals surface area contributed by atoms with Crippen LogP contribution in [0.25, 0.3) is 0 Å². The fraction of sp³-hybridized carbons (Fsp3) is 0.889. The van der Waals surface area contributed by atoms with Crippen molar-refractivity contribution in [2.75, 3.05) is 6.54 Å². The van der Waals surface area contributed by atoms with Gasteiger partial charge in [-0.05, 0) is 12.3 Å². The smallest absolute Gasteiger partial charge is 0.409 e. The van der Waals surface area contributed by atoms with Gasteiger partial charge in [-0.25, -0.2) is 4.79 Å². The quantitative estimate of drug-likeness (QED) is 0.725. The van der Waals surface area contributed by atoms with Crippen molar-refractivity contribution in [2.24, 2.45) is 16.1 Å². The van der Waals surface area contributed by atoms with Gasteiger partial charge in [-0.1, -0.05) is 20.3 Å². The third-order valence-corrected chi connectivity index (χ3v) is 1.99. The molecule has 0 aliphatic heterocycles. The first-order valence-corrected chi connectivity index (χ1v) is 4.94. The van der Waals surface area contributed by atoms with Crippen molar-refractivity contribution in [3.63, 3.8) is 0 Å². The van der Waals surface area contributed by atoms with E-state index in [1.165, 1.54) is 0 Å². The molecule has 16 heavy (non-hydrogen) atoms. The van der Waals surface area contributed by atoms with Crippen LogP contribution in [0.5, 0.6) is 0 Å². The van der Waals surface area contributed by atoms with Gasteiger partial charge in [0, 0.05) is 0 Å². The first-order chi connectivity index (χ1) is 7.28. The van der Waals surface area contributed by atoms with Crippen LogP contribution in [0.15, 0.2) is 10.2 Å². The molecule has 0 fully saturated rings. The monoisotopic (exact) mass is 240 g/mol. The molecule has 0 saturated carbocycles. The maximum atomic E-state index is 11.8. The molecular weight excluding hydrogens is 225 g/mol. The van der Waals surface area contributed by atoms with Crippen LogP contribution in [-0.2, 0) is 4.79 Å². The summed E-state index contributed by atoms with van der Waals surface area (Å²) in [6.07, 6.45) is -3.11. The number of azo groups is 1. The predicted molar refractivity (Wildman–Crippen MR) is 51.3 cm³/mol. The minimum absolute atomic E-state index is 0.320. The Hall–Kier alpha value is -1.14. The number of carboxylic acid groups (broad SMARTS) is 1. The Morgan fingerprint density at radius 2 is 2.00 bits per heavy atom. The van der Waals surface area contributed by atoms with E-state index in [0.29, 0.717) is 6.42 Å². The van der Waals surface area contributed by atoms with E-state index >= 15 is 0 Å². The molecular formula is C9H15F3N2O2. The summed E-state index contributed by atoms with van der Waals surface area (Å²) in [5.74, 6) is -1.56. The normalized spacial score (nSPS) is 16.3. The number of alkyl halides is 3. The number of nitrogens with zero attached hydrogens (tertiary/aromatic N) is 2. The highest BCUT2D eigenvalue weighted by atomic mass is 19.4. The minimum Gasteiger partial charge on any atom is -0.480 e. The summed E-state index contributed by atoms with van der Waals surface area (Å²) in [5.41, 5.74) is 0. The molecule has 2 atom stereocenters. The van der Waals surface area contributed by atoms with Gasteiger partial charge in [0.2, 0.25) is 0 Å². The highest BCUT2D eigenvalue weighted by molar-refractivity contribution is 5.73. The number of aliphatic carboxylic acids is 1. The summed E-state index contributed by atoms with van der Waals surface area (Å²) in [6, 6.07) is -1.19. The highest BCUT2D eigenvalue weighted by Gasteiger charge is 2.28. The van der Waals surface area contributed by atoms with Crippen molar-refractivity contribution >= 4 is 5.97 Å². The van der Waals surface area contributed by atoms with E-state index in [-0.39, 0.29) is 5.92 Å². The van der Waals surface area contributed by atoms with Crippen LogP contribution in [-0.4, -0.2) is 29.8 Å². The highest BCUT2D eigenvalue weighted by Crippen LogP contribution is 2.17. The summed E-state index contributed by atoms with van der Waals surface area (Å²) in [5, 5.41) is 14.9. The standard InChI is InChI=1S/C9H15F3N2O2/c1-3-4-6(2)7(8(15)16)14-13-5-9(10,11)12/h6-7H,3-5H2,1-2H3,(H,15,16). The summed E-state index contributed by atoms with van der Waals surface area (Å²) < 4.78 is 35.3. The van der Waals surface area contributed by atoms with Gasteiger partial charge in [-0.2, -0.15) is 23.4 Å². The largest absolute Gasteiger partial charge is 0.480 e. The number of carboxylic acids is 1. The lowest BCUT2D eigenvalue weighted by molar-refractivity contribution is -0.140. The molecule has 0 spiro atoms. The van der Waals surface area contributed by atoms with Crippen molar-refractivity contribution in [3.8, 4) is 0 Å². The number of hydrogen-bond acceptors (Lipinski definition) is 3. The summed E-state index contributed by atoms with van der Waals surface area (Å²) in [6.45, 7) is 2.06. The van der Waals surface area contributed by atoms with E-state index in [2.05, 4.69) is 10.2 Å². The second-order valence-electron chi connectivity index (χ2n) is 3.58. The molecule has 2 unspecified atom stereocenters. The van der Waals surface area contributed by atoms with Gasteiger partial charge in [0.15, 0.2) is 12.6 Å². The van der Waals surface area contributed by atoms with Gasteiger partial charge in [0.1, 0.15) is 0 Å². The van der Waals surface area contributed by atoms with Gasteiger partial charge in [0.25, 0.3) is 0 Å². The molecule has 0 bridgehead atoms. The Morgan fingerprint density at radius 3 is 2.38 bits per heavy atom. The van der Waals surface area contributed by atoms with Crippen LogP contribution >= 0.6 is 0 Å². The molecule has 4 nitrogen and oxygen atoms in total. The topological polar surface area (TPSA) is 62.0 Å². The number of rotatable bonds is 6. The summed E-state index contributed by atoms with van der Waals surface area (Å²) in [7, 11) is 0. The third-order valence-electron chi connectivity index (χ3n) is 1.99. The van der Waals surface area contributed by atoms with Gasteiger partial charge in [-0.3, -0.25) is 0 Å². The molecule has 94 valence electrons. The average Bonchev–Trinajstić information content (AvgIpc) is 2.10. The van der Waals surface area contributed by atoms with Crippen LogP contribution in [0.4, 0.5) is 13.2 Å². The van der Waals surface area contributed by atoms with E-state index in [1.807, 2.05) is 6.92 Å². The SMILES string of the molecule is CCCC(C)C(N=NCC(F)(F)F)C(=O)O. The summed E-state index contributed by atoms with van der Waals surface area (Å²) in [4.78, 5) is 10.7. The maximum absolute atomic E-state index is 11.8. The van der Waals surface area contributed by atoms with Gasteiger partial charge >= 0.3 is 12.1 Å². The Kier molecular flexibility index (Phi) is 5.98. The molecule has 0 radical (unpaired) electrons.